The van der Waals surface area contributed by atoms with Crippen LogP contribution in [-0.2, 0) is 43.9 Å². The summed E-state index contributed by atoms with van der Waals surface area (Å²) in [6.45, 7) is 3.32. The highest BCUT2D eigenvalue weighted by molar-refractivity contribution is 7.89. The van der Waals surface area contributed by atoms with Crippen LogP contribution in [0.4, 0.5) is 5.69 Å². The molecule has 0 radical (unpaired) electrons. The van der Waals surface area contributed by atoms with Gasteiger partial charge in [-0.05, 0) is 66.9 Å². The number of nitrogens with one attached hydrogen (secondary N) is 2. The summed E-state index contributed by atoms with van der Waals surface area (Å²) < 4.78 is 42.4. The first kappa shape index (κ1) is 37.1. The molecule has 0 saturated carbocycles. The molecule has 1 aliphatic heterocycles. The third kappa shape index (κ3) is 10.0. The summed E-state index contributed by atoms with van der Waals surface area (Å²) in [5.41, 5.74) is 6.10. The Morgan fingerprint density at radius 2 is 1.40 bits per heavy atom. The number of hydrogen-bond acceptors (Lipinski definition) is 7. The predicted molar refractivity (Wildman–Crippen MR) is 202 cm³/mol. The number of anilines is 1. The molecule has 9 nitrogen and oxygen atoms in total. The lowest BCUT2D eigenvalue weighted by molar-refractivity contribution is -0.252. The highest BCUT2D eigenvalue weighted by atomic mass is 32.2. The van der Waals surface area contributed by atoms with Crippen LogP contribution in [0.2, 0.25) is 0 Å². The molecule has 1 amide bonds. The Kier molecular flexibility index (Phi) is 12.3. The van der Waals surface area contributed by atoms with Crippen molar-refractivity contribution in [2.24, 2.45) is 0 Å². The second-order valence-corrected chi connectivity index (χ2v) is 15.0. The molecule has 4 atom stereocenters. The van der Waals surface area contributed by atoms with Crippen molar-refractivity contribution in [2.45, 2.75) is 62.4 Å². The molecule has 1 fully saturated rings. The quantitative estimate of drug-likeness (QED) is 0.117. The molecule has 3 N–H and O–H groups in total. The van der Waals surface area contributed by atoms with Crippen molar-refractivity contribution in [1.82, 2.24) is 9.62 Å². The van der Waals surface area contributed by atoms with Crippen molar-refractivity contribution in [3.05, 3.63) is 167 Å². The lowest BCUT2D eigenvalue weighted by Crippen LogP contribution is -2.45. The Morgan fingerprint density at radius 3 is 2.04 bits per heavy atom. The van der Waals surface area contributed by atoms with Crippen LogP contribution in [0.5, 0.6) is 0 Å². The van der Waals surface area contributed by atoms with E-state index in [1.807, 2.05) is 91.9 Å². The van der Waals surface area contributed by atoms with Crippen LogP contribution in [0, 0.1) is 6.92 Å². The van der Waals surface area contributed by atoms with Crippen LogP contribution >= 0.6 is 0 Å². The van der Waals surface area contributed by atoms with Gasteiger partial charge in [0.05, 0.1) is 23.7 Å². The highest BCUT2D eigenvalue weighted by Gasteiger charge is 2.33. The second-order valence-electron chi connectivity index (χ2n) is 13.3. The monoisotopic (exact) mass is 719 g/mol. The lowest BCUT2D eigenvalue weighted by atomic mass is 9.99. The summed E-state index contributed by atoms with van der Waals surface area (Å²) >= 11 is 0. The Bertz CT molecular complexity index is 1990. The lowest BCUT2D eigenvalue weighted by Gasteiger charge is -2.38. The Morgan fingerprint density at radius 1 is 0.788 bits per heavy atom. The van der Waals surface area contributed by atoms with E-state index in [1.54, 1.807) is 24.3 Å². The van der Waals surface area contributed by atoms with Gasteiger partial charge < -0.3 is 19.9 Å². The maximum Gasteiger partial charge on any atom is 0.242 e. The average Bonchev–Trinajstić information content (AvgIpc) is 3.15. The number of aliphatic hydroxyl groups is 1. The largest absolute Gasteiger partial charge is 0.392 e. The molecule has 1 saturated heterocycles. The number of aliphatic hydroxyl groups excluding tert-OH is 1. The van der Waals surface area contributed by atoms with E-state index in [0.717, 1.165) is 34.4 Å². The van der Waals surface area contributed by atoms with Gasteiger partial charge in [-0.3, -0.25) is 9.69 Å². The van der Waals surface area contributed by atoms with Gasteiger partial charge in [-0.15, -0.1) is 0 Å². The fraction of sp³-hybridized carbons (Fsp3) is 0.262. The van der Waals surface area contributed by atoms with Crippen LogP contribution in [0.15, 0.2) is 138 Å². The van der Waals surface area contributed by atoms with E-state index >= 15 is 0 Å². The molecule has 6 rings (SSSR count). The molecule has 0 unspecified atom stereocenters. The van der Waals surface area contributed by atoms with Crippen LogP contribution in [0.25, 0.3) is 0 Å². The van der Waals surface area contributed by atoms with Gasteiger partial charge in [0.2, 0.25) is 15.9 Å². The van der Waals surface area contributed by atoms with Gasteiger partial charge in [-0.1, -0.05) is 115 Å². The number of amides is 1. The van der Waals surface area contributed by atoms with E-state index in [0.29, 0.717) is 18.7 Å². The molecule has 0 aliphatic carbocycles. The SMILES string of the molecule is Cc1ccc(S(=O)(=O)N[C@H](Cc2ccccc2)C(=O)Nc2ccc([C@H]3O[C@@H](CN(C)Cc4ccccc4)C[C@@H](c4ccc(CO)cc4)O3)cc2)cc1. The van der Waals surface area contributed by atoms with E-state index in [9.17, 15) is 18.3 Å². The summed E-state index contributed by atoms with van der Waals surface area (Å²) in [4.78, 5) is 16.0. The maximum atomic E-state index is 13.7. The van der Waals surface area contributed by atoms with E-state index in [-0.39, 0.29) is 30.1 Å². The van der Waals surface area contributed by atoms with Gasteiger partial charge in [0.1, 0.15) is 6.04 Å². The summed E-state index contributed by atoms with van der Waals surface area (Å²) in [5.74, 6) is -0.481. The topological polar surface area (TPSA) is 117 Å². The fourth-order valence-electron chi connectivity index (χ4n) is 6.30. The Hall–Kier alpha value is -4.68. The Balaban J connectivity index is 1.17. The molecule has 0 aromatic heterocycles. The zero-order valence-electron chi connectivity index (χ0n) is 29.4. The summed E-state index contributed by atoms with van der Waals surface area (Å²) in [6.07, 6.45) is -0.205. The van der Waals surface area contributed by atoms with Crippen molar-refractivity contribution in [3.8, 4) is 0 Å². The van der Waals surface area contributed by atoms with E-state index in [4.69, 9.17) is 9.47 Å². The van der Waals surface area contributed by atoms with Gasteiger partial charge in [0, 0.05) is 30.8 Å². The molecule has 1 heterocycles. The Labute approximate surface area is 306 Å². The minimum absolute atomic E-state index is 0.0288. The molecule has 10 heteroatoms. The standard InChI is InChI=1S/C42H45N3O6S/c1-30-13-23-38(24-14-30)52(48,49)44-39(25-31-9-5-3-6-10-31)41(47)43-36-21-19-35(20-22-36)42-50-37(28-45(2)27-32-11-7-4-8-12-32)26-40(51-42)34-17-15-33(29-46)16-18-34/h3-24,37,39-40,42,44,46H,25-29H2,1-2H3,(H,43,47)/t37-,39-,40+,42+/m1/s1. The van der Waals surface area contributed by atoms with Crippen LogP contribution in [-0.4, -0.2) is 50.1 Å². The van der Waals surface area contributed by atoms with Gasteiger partial charge in [0.15, 0.2) is 6.29 Å². The molecule has 0 bridgehead atoms. The van der Waals surface area contributed by atoms with Crippen LogP contribution in [0.3, 0.4) is 0 Å². The minimum Gasteiger partial charge on any atom is -0.392 e. The second kappa shape index (κ2) is 17.2. The normalized spacial score (nSPS) is 18.2. The van der Waals surface area contributed by atoms with E-state index in [1.165, 1.54) is 17.7 Å². The summed E-state index contributed by atoms with van der Waals surface area (Å²) in [5, 5.41) is 12.5. The molecule has 270 valence electrons. The molecular formula is C42H45N3O6S. The third-order valence-corrected chi connectivity index (χ3v) is 10.6. The van der Waals surface area contributed by atoms with Gasteiger partial charge >= 0.3 is 0 Å². The van der Waals surface area contributed by atoms with Crippen molar-refractivity contribution >= 4 is 21.6 Å². The van der Waals surface area contributed by atoms with Crippen molar-refractivity contribution in [3.63, 3.8) is 0 Å². The third-order valence-electron chi connectivity index (χ3n) is 9.10. The van der Waals surface area contributed by atoms with Crippen molar-refractivity contribution in [2.75, 3.05) is 18.9 Å². The number of benzene rings is 5. The fourth-order valence-corrected chi connectivity index (χ4v) is 7.50. The number of hydrogen-bond donors (Lipinski definition) is 3. The predicted octanol–water partition coefficient (Wildman–Crippen LogP) is 6.69. The zero-order chi connectivity index (χ0) is 36.5. The van der Waals surface area contributed by atoms with E-state index in [2.05, 4.69) is 34.1 Å². The number of nitrogens with zero attached hydrogens (tertiary/aromatic N) is 1. The van der Waals surface area contributed by atoms with Gasteiger partial charge in [0.25, 0.3) is 0 Å². The smallest absolute Gasteiger partial charge is 0.242 e. The number of likely N-dealkylation sites (N-methyl/N-ethyl adjacent to an activating group) is 1. The molecule has 0 spiro atoms. The van der Waals surface area contributed by atoms with Crippen molar-refractivity contribution < 1.29 is 27.8 Å². The van der Waals surface area contributed by atoms with Crippen LogP contribution in [0.1, 0.15) is 52.2 Å². The van der Waals surface area contributed by atoms with Crippen LogP contribution < -0.4 is 10.0 Å². The highest BCUT2D eigenvalue weighted by Crippen LogP contribution is 2.38. The minimum atomic E-state index is -3.98. The van der Waals surface area contributed by atoms with Gasteiger partial charge in [-0.2, -0.15) is 4.72 Å². The first-order valence-corrected chi connectivity index (χ1v) is 18.9. The number of rotatable bonds is 14. The van der Waals surface area contributed by atoms with E-state index < -0.39 is 28.3 Å². The first-order valence-electron chi connectivity index (χ1n) is 17.4. The number of ether oxygens (including phenoxy) is 2. The zero-order valence-corrected chi connectivity index (χ0v) is 30.2. The molecule has 5 aromatic rings. The first-order chi connectivity index (χ1) is 25.1. The molecule has 52 heavy (non-hydrogen) atoms. The van der Waals surface area contributed by atoms with Gasteiger partial charge in [-0.25, -0.2) is 8.42 Å². The molecule has 1 aliphatic rings. The number of carbonyl (C=O) groups excluding carboxylic acids is 1. The van der Waals surface area contributed by atoms with Crippen molar-refractivity contribution in [1.29, 1.82) is 0 Å². The molecule has 5 aromatic carbocycles. The molecular weight excluding hydrogens is 675 g/mol. The number of aryl methyl sites for hydroxylation is 1. The number of carbonyl (C=O) groups is 1. The summed E-state index contributed by atoms with van der Waals surface area (Å²) in [6, 6.07) is 40.1. The maximum absolute atomic E-state index is 13.7. The summed E-state index contributed by atoms with van der Waals surface area (Å²) in [7, 11) is -1.90. The average molecular weight is 720 g/mol. The number of sulfonamides is 1.